The summed E-state index contributed by atoms with van der Waals surface area (Å²) in [6, 6.07) is 9.52. The number of nitrogens with zero attached hydrogens (tertiary/aromatic N) is 1. The van der Waals surface area contributed by atoms with E-state index in [9.17, 15) is 4.79 Å². The van der Waals surface area contributed by atoms with Crippen molar-refractivity contribution in [2.24, 2.45) is 10.9 Å². The minimum absolute atomic E-state index is 0.338. The number of primary amides is 1. The Bertz CT molecular complexity index is 296. The molecule has 0 saturated carbocycles. The minimum atomic E-state index is -0.618. The molecule has 2 N–H and O–H groups in total. The molecule has 0 aromatic heterocycles. The van der Waals surface area contributed by atoms with Crippen LogP contribution in [0.4, 0.5) is 0 Å². The molecule has 13 heavy (non-hydrogen) atoms. The second kappa shape index (κ2) is 4.92. The third-order valence-corrected chi connectivity index (χ3v) is 1.33. The van der Waals surface area contributed by atoms with E-state index >= 15 is 0 Å². The lowest BCUT2D eigenvalue weighted by Crippen LogP contribution is -2.11. The zero-order chi connectivity index (χ0) is 9.52. The minimum Gasteiger partial charge on any atom is -0.391 e. The second-order valence-corrected chi connectivity index (χ2v) is 2.40. The molecule has 4 heteroatoms. The van der Waals surface area contributed by atoms with Crippen LogP contribution < -0.4 is 5.73 Å². The van der Waals surface area contributed by atoms with Crippen molar-refractivity contribution >= 4 is 12.1 Å². The Morgan fingerprint density at radius 3 is 2.77 bits per heavy atom. The Morgan fingerprint density at radius 1 is 1.46 bits per heavy atom. The molecule has 0 saturated heterocycles. The Morgan fingerprint density at radius 2 is 2.15 bits per heavy atom. The van der Waals surface area contributed by atoms with E-state index in [1.807, 2.05) is 30.3 Å². The fourth-order valence-electron chi connectivity index (χ4n) is 0.775. The van der Waals surface area contributed by atoms with E-state index in [1.54, 1.807) is 0 Å². The van der Waals surface area contributed by atoms with Gasteiger partial charge < -0.3 is 10.6 Å². The van der Waals surface area contributed by atoms with Crippen LogP contribution in [0, 0.1) is 0 Å². The average molecular weight is 178 g/mol. The summed E-state index contributed by atoms with van der Waals surface area (Å²) >= 11 is 0. The number of oxime groups is 1. The van der Waals surface area contributed by atoms with Crippen molar-refractivity contribution in [2.75, 3.05) is 0 Å². The van der Waals surface area contributed by atoms with Gasteiger partial charge in [-0.1, -0.05) is 35.5 Å². The van der Waals surface area contributed by atoms with Crippen molar-refractivity contribution < 1.29 is 9.63 Å². The van der Waals surface area contributed by atoms with Crippen molar-refractivity contribution in [3.8, 4) is 0 Å². The van der Waals surface area contributed by atoms with Crippen LogP contribution in [0.25, 0.3) is 0 Å². The summed E-state index contributed by atoms with van der Waals surface area (Å²) in [4.78, 5) is 15.0. The average Bonchev–Trinajstić information content (AvgIpc) is 2.14. The molecule has 1 aromatic rings. The van der Waals surface area contributed by atoms with Crippen LogP contribution in [0.2, 0.25) is 0 Å². The van der Waals surface area contributed by atoms with Crippen molar-refractivity contribution in [2.45, 2.75) is 6.61 Å². The molecule has 0 bridgehead atoms. The van der Waals surface area contributed by atoms with Gasteiger partial charge in [0.05, 0.1) is 0 Å². The first kappa shape index (κ1) is 9.25. The first-order valence-electron chi connectivity index (χ1n) is 3.78. The van der Waals surface area contributed by atoms with Gasteiger partial charge in [0.25, 0.3) is 5.91 Å². The number of benzene rings is 1. The molecule has 0 heterocycles. The molecule has 68 valence electrons. The highest BCUT2D eigenvalue weighted by Gasteiger charge is 1.89. The number of amides is 1. The molecule has 0 atom stereocenters. The van der Waals surface area contributed by atoms with Gasteiger partial charge in [0.2, 0.25) is 0 Å². The quantitative estimate of drug-likeness (QED) is 0.544. The predicted molar refractivity (Wildman–Crippen MR) is 48.9 cm³/mol. The van der Waals surface area contributed by atoms with E-state index in [-0.39, 0.29) is 0 Å². The second-order valence-electron chi connectivity index (χ2n) is 2.40. The standard InChI is InChI=1S/C9H10N2O2/c10-9(12)6-11-13-7-8-4-2-1-3-5-8/h1-6H,7H2,(H2,10,12)/b11-6+. The molecule has 0 aliphatic heterocycles. The van der Waals surface area contributed by atoms with E-state index in [0.717, 1.165) is 11.8 Å². The van der Waals surface area contributed by atoms with Gasteiger partial charge in [0.1, 0.15) is 12.8 Å². The first-order chi connectivity index (χ1) is 6.29. The molecule has 0 radical (unpaired) electrons. The summed E-state index contributed by atoms with van der Waals surface area (Å²) in [5.41, 5.74) is 5.79. The fourth-order valence-corrected chi connectivity index (χ4v) is 0.775. The number of carbonyl (C=O) groups is 1. The number of rotatable bonds is 4. The van der Waals surface area contributed by atoms with E-state index in [2.05, 4.69) is 5.16 Å². The summed E-state index contributed by atoms with van der Waals surface area (Å²) in [6.07, 6.45) is 0.933. The Hall–Kier alpha value is -1.84. The van der Waals surface area contributed by atoms with Crippen molar-refractivity contribution in [3.05, 3.63) is 35.9 Å². The maximum absolute atomic E-state index is 10.2. The third kappa shape index (κ3) is 3.91. The summed E-state index contributed by atoms with van der Waals surface area (Å²) in [5.74, 6) is -0.618. The van der Waals surface area contributed by atoms with Crippen LogP contribution >= 0.6 is 0 Å². The summed E-state index contributed by atoms with van der Waals surface area (Å²) in [5, 5.41) is 3.37. The van der Waals surface area contributed by atoms with E-state index in [4.69, 9.17) is 10.6 Å². The highest BCUT2D eigenvalue weighted by molar-refractivity contribution is 6.25. The smallest absolute Gasteiger partial charge is 0.263 e. The molecule has 0 unspecified atom stereocenters. The molecule has 1 amide bonds. The van der Waals surface area contributed by atoms with Crippen LogP contribution in [-0.4, -0.2) is 12.1 Å². The lowest BCUT2D eigenvalue weighted by molar-refractivity contribution is -0.111. The molecule has 0 fully saturated rings. The highest BCUT2D eigenvalue weighted by atomic mass is 16.6. The molecule has 0 spiro atoms. The van der Waals surface area contributed by atoms with Gasteiger partial charge in [0, 0.05) is 0 Å². The molecule has 4 nitrogen and oxygen atoms in total. The van der Waals surface area contributed by atoms with E-state index in [0.29, 0.717) is 6.61 Å². The SMILES string of the molecule is NC(=O)/C=N/OCc1ccccc1. The van der Waals surface area contributed by atoms with Crippen LogP contribution in [0.3, 0.4) is 0 Å². The summed E-state index contributed by atoms with van der Waals surface area (Å²) < 4.78 is 0. The van der Waals surface area contributed by atoms with Gasteiger partial charge in [-0.3, -0.25) is 4.79 Å². The van der Waals surface area contributed by atoms with Gasteiger partial charge in [-0.15, -0.1) is 0 Å². The lowest BCUT2D eigenvalue weighted by atomic mass is 10.2. The summed E-state index contributed by atoms with van der Waals surface area (Å²) in [6.45, 7) is 0.338. The summed E-state index contributed by atoms with van der Waals surface area (Å²) in [7, 11) is 0. The van der Waals surface area contributed by atoms with Crippen LogP contribution in [0.5, 0.6) is 0 Å². The lowest BCUT2D eigenvalue weighted by Gasteiger charge is -1.97. The van der Waals surface area contributed by atoms with Crippen molar-refractivity contribution in [1.29, 1.82) is 0 Å². The van der Waals surface area contributed by atoms with Gasteiger partial charge in [-0.05, 0) is 5.56 Å². The number of hydrogen-bond donors (Lipinski definition) is 1. The van der Waals surface area contributed by atoms with Crippen LogP contribution in [0.1, 0.15) is 5.56 Å². The predicted octanol–water partition coefficient (Wildman–Crippen LogP) is 0.674. The maximum atomic E-state index is 10.2. The van der Waals surface area contributed by atoms with E-state index < -0.39 is 5.91 Å². The molecule has 1 aromatic carbocycles. The molecular formula is C9H10N2O2. The Balaban J connectivity index is 2.32. The van der Waals surface area contributed by atoms with Crippen LogP contribution in [0.15, 0.2) is 35.5 Å². The van der Waals surface area contributed by atoms with Crippen molar-refractivity contribution in [3.63, 3.8) is 0 Å². The molecule has 0 aliphatic carbocycles. The topological polar surface area (TPSA) is 64.7 Å². The maximum Gasteiger partial charge on any atom is 0.263 e. The third-order valence-electron chi connectivity index (χ3n) is 1.33. The molecule has 0 aliphatic rings. The zero-order valence-corrected chi connectivity index (χ0v) is 7.01. The Kier molecular flexibility index (Phi) is 3.50. The van der Waals surface area contributed by atoms with Gasteiger partial charge in [-0.25, -0.2) is 0 Å². The van der Waals surface area contributed by atoms with Gasteiger partial charge in [-0.2, -0.15) is 0 Å². The number of carbonyl (C=O) groups excluding carboxylic acids is 1. The first-order valence-corrected chi connectivity index (χ1v) is 3.78. The molecule has 1 rings (SSSR count). The van der Waals surface area contributed by atoms with E-state index in [1.165, 1.54) is 0 Å². The highest BCUT2D eigenvalue weighted by Crippen LogP contribution is 1.99. The van der Waals surface area contributed by atoms with Gasteiger partial charge >= 0.3 is 0 Å². The van der Waals surface area contributed by atoms with Crippen molar-refractivity contribution in [1.82, 2.24) is 0 Å². The fraction of sp³-hybridized carbons (Fsp3) is 0.111. The monoisotopic (exact) mass is 178 g/mol. The normalized spacial score (nSPS) is 10.2. The zero-order valence-electron chi connectivity index (χ0n) is 7.01. The largest absolute Gasteiger partial charge is 0.391 e. The Labute approximate surface area is 76.0 Å². The number of nitrogens with two attached hydrogens (primary N) is 1. The number of hydrogen-bond acceptors (Lipinski definition) is 3. The van der Waals surface area contributed by atoms with Gasteiger partial charge in [0.15, 0.2) is 0 Å². The molecular weight excluding hydrogens is 168 g/mol. The van der Waals surface area contributed by atoms with Crippen LogP contribution in [-0.2, 0) is 16.2 Å².